The number of benzene rings is 1. The van der Waals surface area contributed by atoms with Gasteiger partial charge in [-0.15, -0.1) is 0 Å². The standard InChI is InChI=1S/C19H27FO/c1-12-10-16(20)11-13(2)17(12)18(21)14-6-8-15(9-7-14)19(3,4)5/h10-11,14-15H,6-9H2,1-5H3. The lowest BCUT2D eigenvalue weighted by Crippen LogP contribution is -2.29. The van der Waals surface area contributed by atoms with Crippen LogP contribution in [0.15, 0.2) is 12.1 Å². The van der Waals surface area contributed by atoms with E-state index < -0.39 is 0 Å². The van der Waals surface area contributed by atoms with Gasteiger partial charge in [0.25, 0.3) is 0 Å². The Labute approximate surface area is 127 Å². The molecule has 0 radical (unpaired) electrons. The molecule has 116 valence electrons. The second-order valence-electron chi connectivity index (χ2n) is 7.69. The minimum atomic E-state index is -0.252. The number of ketones is 1. The van der Waals surface area contributed by atoms with E-state index >= 15 is 0 Å². The molecular formula is C19H27FO. The molecule has 0 unspecified atom stereocenters. The predicted molar refractivity (Wildman–Crippen MR) is 85.1 cm³/mol. The summed E-state index contributed by atoms with van der Waals surface area (Å²) in [5, 5.41) is 0. The first kappa shape index (κ1) is 16.2. The van der Waals surface area contributed by atoms with Crippen LogP contribution in [0.25, 0.3) is 0 Å². The molecule has 0 aliphatic heterocycles. The van der Waals surface area contributed by atoms with E-state index in [1.54, 1.807) is 0 Å². The summed E-state index contributed by atoms with van der Waals surface area (Å²) >= 11 is 0. The third kappa shape index (κ3) is 3.53. The first-order valence-corrected chi connectivity index (χ1v) is 8.01. The molecule has 2 rings (SSSR count). The molecule has 1 fully saturated rings. The fourth-order valence-corrected chi connectivity index (χ4v) is 3.73. The Bertz CT molecular complexity index is 508. The summed E-state index contributed by atoms with van der Waals surface area (Å²) in [7, 11) is 0. The summed E-state index contributed by atoms with van der Waals surface area (Å²) in [5.74, 6) is 0.791. The Morgan fingerprint density at radius 3 is 1.95 bits per heavy atom. The highest BCUT2D eigenvalue weighted by Gasteiger charge is 2.33. The highest BCUT2D eigenvalue weighted by Crippen LogP contribution is 2.41. The first-order chi connectivity index (χ1) is 9.70. The summed E-state index contributed by atoms with van der Waals surface area (Å²) < 4.78 is 13.4. The van der Waals surface area contributed by atoms with Gasteiger partial charge in [0.2, 0.25) is 0 Å². The molecule has 21 heavy (non-hydrogen) atoms. The molecule has 1 aromatic rings. The van der Waals surface area contributed by atoms with Crippen LogP contribution in [0.3, 0.4) is 0 Å². The van der Waals surface area contributed by atoms with Gasteiger partial charge in [-0.25, -0.2) is 4.39 Å². The van der Waals surface area contributed by atoms with Crippen LogP contribution in [0.5, 0.6) is 0 Å². The second-order valence-corrected chi connectivity index (χ2v) is 7.69. The van der Waals surface area contributed by atoms with Gasteiger partial charge in [0.1, 0.15) is 5.82 Å². The van der Waals surface area contributed by atoms with E-state index in [0.29, 0.717) is 11.3 Å². The summed E-state index contributed by atoms with van der Waals surface area (Å²) in [4.78, 5) is 12.8. The average molecular weight is 290 g/mol. The van der Waals surface area contributed by atoms with Crippen LogP contribution < -0.4 is 0 Å². The Morgan fingerprint density at radius 2 is 1.52 bits per heavy atom. The van der Waals surface area contributed by atoms with Gasteiger partial charge in [-0.3, -0.25) is 4.79 Å². The maximum absolute atomic E-state index is 13.4. The highest BCUT2D eigenvalue weighted by molar-refractivity contribution is 6.00. The lowest BCUT2D eigenvalue weighted by molar-refractivity contribution is 0.0818. The van der Waals surface area contributed by atoms with Crippen LogP contribution >= 0.6 is 0 Å². The van der Waals surface area contributed by atoms with Crippen molar-refractivity contribution >= 4 is 5.78 Å². The predicted octanol–water partition coefficient (Wildman–Crippen LogP) is 5.48. The molecule has 0 saturated heterocycles. The van der Waals surface area contributed by atoms with Crippen LogP contribution in [-0.4, -0.2) is 5.78 Å². The van der Waals surface area contributed by atoms with E-state index in [0.717, 1.165) is 42.4 Å². The van der Waals surface area contributed by atoms with Gasteiger partial charge in [-0.1, -0.05) is 20.8 Å². The van der Waals surface area contributed by atoms with Crippen LogP contribution in [0.4, 0.5) is 4.39 Å². The van der Waals surface area contributed by atoms with Gasteiger partial charge in [0.05, 0.1) is 0 Å². The zero-order valence-corrected chi connectivity index (χ0v) is 13.9. The molecule has 0 bridgehead atoms. The lowest BCUT2D eigenvalue weighted by atomic mass is 9.68. The molecule has 2 heteroatoms. The van der Waals surface area contributed by atoms with Gasteiger partial charge in [-0.2, -0.15) is 0 Å². The van der Waals surface area contributed by atoms with Gasteiger partial charge in [-0.05, 0) is 74.1 Å². The minimum Gasteiger partial charge on any atom is -0.294 e. The maximum Gasteiger partial charge on any atom is 0.166 e. The van der Waals surface area contributed by atoms with E-state index in [-0.39, 0.29) is 17.5 Å². The first-order valence-electron chi connectivity index (χ1n) is 8.01. The number of carbonyl (C=O) groups is 1. The number of halogens is 1. The molecular weight excluding hydrogens is 263 g/mol. The monoisotopic (exact) mass is 290 g/mol. The van der Waals surface area contributed by atoms with Crippen molar-refractivity contribution in [1.29, 1.82) is 0 Å². The molecule has 0 amide bonds. The van der Waals surface area contributed by atoms with E-state index in [1.807, 2.05) is 13.8 Å². The van der Waals surface area contributed by atoms with Gasteiger partial charge >= 0.3 is 0 Å². The Morgan fingerprint density at radius 1 is 1.05 bits per heavy atom. The SMILES string of the molecule is Cc1cc(F)cc(C)c1C(=O)C1CCC(C(C)(C)C)CC1. The van der Waals surface area contributed by atoms with E-state index in [2.05, 4.69) is 20.8 Å². The molecule has 0 heterocycles. The maximum atomic E-state index is 13.4. The van der Waals surface area contributed by atoms with E-state index in [4.69, 9.17) is 0 Å². The number of rotatable bonds is 2. The van der Waals surface area contributed by atoms with Crippen LogP contribution in [-0.2, 0) is 0 Å². The number of hydrogen-bond donors (Lipinski definition) is 0. The third-order valence-corrected chi connectivity index (χ3v) is 5.07. The van der Waals surface area contributed by atoms with Crippen molar-refractivity contribution in [3.63, 3.8) is 0 Å². The molecule has 1 saturated carbocycles. The molecule has 0 N–H and O–H groups in total. The molecule has 0 atom stereocenters. The fraction of sp³-hybridized carbons (Fsp3) is 0.632. The van der Waals surface area contributed by atoms with Gasteiger partial charge < -0.3 is 0 Å². The zero-order valence-electron chi connectivity index (χ0n) is 13.9. The molecule has 0 aromatic heterocycles. The van der Waals surface area contributed by atoms with Crippen molar-refractivity contribution in [3.8, 4) is 0 Å². The van der Waals surface area contributed by atoms with Crippen LogP contribution in [0.2, 0.25) is 0 Å². The Hall–Kier alpha value is -1.18. The molecule has 1 aromatic carbocycles. The van der Waals surface area contributed by atoms with Crippen LogP contribution in [0.1, 0.15) is 67.9 Å². The Balaban J connectivity index is 2.13. The quantitative estimate of drug-likeness (QED) is 0.659. The number of aryl methyl sites for hydroxylation is 2. The second kappa shape index (κ2) is 5.90. The molecule has 1 nitrogen and oxygen atoms in total. The van der Waals surface area contributed by atoms with Gasteiger partial charge in [0.15, 0.2) is 5.78 Å². The number of hydrogen-bond acceptors (Lipinski definition) is 1. The summed E-state index contributed by atoms with van der Waals surface area (Å²) in [6, 6.07) is 2.95. The van der Waals surface area contributed by atoms with E-state index in [9.17, 15) is 9.18 Å². The third-order valence-electron chi connectivity index (χ3n) is 5.07. The van der Waals surface area contributed by atoms with Crippen molar-refractivity contribution in [3.05, 3.63) is 34.6 Å². The van der Waals surface area contributed by atoms with Crippen molar-refractivity contribution in [2.75, 3.05) is 0 Å². The van der Waals surface area contributed by atoms with Crippen molar-refractivity contribution < 1.29 is 9.18 Å². The highest BCUT2D eigenvalue weighted by atomic mass is 19.1. The Kier molecular flexibility index (Phi) is 4.55. The fourth-order valence-electron chi connectivity index (χ4n) is 3.73. The largest absolute Gasteiger partial charge is 0.294 e. The van der Waals surface area contributed by atoms with Crippen molar-refractivity contribution in [2.24, 2.45) is 17.3 Å². The number of carbonyl (C=O) groups excluding carboxylic acids is 1. The molecule has 0 spiro atoms. The van der Waals surface area contributed by atoms with E-state index in [1.165, 1.54) is 12.1 Å². The molecule has 1 aliphatic carbocycles. The van der Waals surface area contributed by atoms with Crippen molar-refractivity contribution in [2.45, 2.75) is 60.3 Å². The number of Topliss-reactive ketones (excluding diaryl/α,β-unsaturated/α-hetero) is 1. The van der Waals surface area contributed by atoms with Crippen molar-refractivity contribution in [1.82, 2.24) is 0 Å². The zero-order chi connectivity index (χ0) is 15.8. The van der Waals surface area contributed by atoms with Gasteiger partial charge in [0, 0.05) is 11.5 Å². The molecule has 1 aliphatic rings. The smallest absolute Gasteiger partial charge is 0.166 e. The normalized spacial score (nSPS) is 23.1. The van der Waals surface area contributed by atoms with Crippen LogP contribution in [0, 0.1) is 36.9 Å². The summed E-state index contributed by atoms with van der Waals surface area (Å²) in [6.45, 7) is 10.5. The minimum absolute atomic E-state index is 0.117. The average Bonchev–Trinajstić information content (AvgIpc) is 2.36. The summed E-state index contributed by atoms with van der Waals surface area (Å²) in [6.07, 6.45) is 4.19. The topological polar surface area (TPSA) is 17.1 Å². The lowest BCUT2D eigenvalue weighted by Gasteiger charge is -2.36. The summed E-state index contributed by atoms with van der Waals surface area (Å²) in [5.41, 5.74) is 2.62.